The number of benzene rings is 6. The van der Waals surface area contributed by atoms with Gasteiger partial charge in [-0.05, 0) is 71.8 Å². The molecule has 4 N–H and O–H groups in total. The summed E-state index contributed by atoms with van der Waals surface area (Å²) in [7, 11) is 0. The molecule has 16 heteroatoms. The average molecular weight is 757 g/mol. The van der Waals surface area contributed by atoms with Crippen LogP contribution >= 0.6 is 0 Å². The molecule has 2 aliphatic rings. The summed E-state index contributed by atoms with van der Waals surface area (Å²) >= 11 is 0. The van der Waals surface area contributed by atoms with E-state index in [2.05, 4.69) is 0 Å². The zero-order valence-corrected chi connectivity index (χ0v) is 27.7. The number of ether oxygens (including phenoxy) is 2. The second kappa shape index (κ2) is 12.1. The number of nitrogens with zero attached hydrogens (tertiary/aromatic N) is 2. The van der Waals surface area contributed by atoms with Crippen LogP contribution in [-0.2, 0) is 5.41 Å². The lowest BCUT2D eigenvalue weighted by Gasteiger charge is -2.38. The van der Waals surface area contributed by atoms with Gasteiger partial charge >= 0.3 is 12.4 Å². The number of carbonyl (C=O) groups excluding carboxylic acids is 4. The number of halogens is 6. The van der Waals surface area contributed by atoms with E-state index < -0.39 is 52.5 Å². The van der Waals surface area contributed by atoms with Crippen molar-refractivity contribution in [2.24, 2.45) is 11.7 Å². The predicted octanol–water partition coefficient (Wildman–Crippen LogP) is 7.93. The lowest BCUT2D eigenvalue weighted by atomic mass is 9.73. The number of hydrazine groups is 2. The number of nitrogens with two attached hydrogens (primary N) is 2. The maximum absolute atomic E-state index is 15.0. The van der Waals surface area contributed by atoms with Gasteiger partial charge in [0.1, 0.15) is 23.0 Å². The lowest BCUT2D eigenvalue weighted by Crippen LogP contribution is -2.54. The Morgan fingerprint density at radius 2 is 0.764 bits per heavy atom. The first-order chi connectivity index (χ1) is 26.0. The molecular weight excluding hydrogens is 734 g/mol. The third kappa shape index (κ3) is 5.13. The Labute approximate surface area is 305 Å². The van der Waals surface area contributed by atoms with E-state index in [9.17, 15) is 45.5 Å². The van der Waals surface area contributed by atoms with Crippen molar-refractivity contribution in [1.29, 1.82) is 0 Å². The van der Waals surface area contributed by atoms with Crippen molar-refractivity contribution in [2.45, 2.75) is 17.8 Å². The Morgan fingerprint density at radius 3 is 1.09 bits per heavy atom. The molecule has 0 aliphatic carbocycles. The molecule has 0 bridgehead atoms. The molecule has 55 heavy (non-hydrogen) atoms. The Hall–Kier alpha value is -6.78. The van der Waals surface area contributed by atoms with Crippen LogP contribution in [0.3, 0.4) is 0 Å². The lowest BCUT2D eigenvalue weighted by molar-refractivity contribution is -0.288. The van der Waals surface area contributed by atoms with Gasteiger partial charge < -0.3 is 9.47 Å². The fourth-order valence-electron chi connectivity index (χ4n) is 7.14. The molecule has 4 amide bonds. The highest BCUT2D eigenvalue weighted by Crippen LogP contribution is 2.56. The zero-order valence-electron chi connectivity index (χ0n) is 27.7. The van der Waals surface area contributed by atoms with Crippen molar-refractivity contribution in [3.8, 4) is 23.0 Å². The largest absolute Gasteiger partial charge is 0.457 e. The number of amides is 4. The summed E-state index contributed by atoms with van der Waals surface area (Å²) in [6, 6.07) is 20.8. The molecule has 0 fully saturated rings. The van der Waals surface area contributed by atoms with Gasteiger partial charge in [0.15, 0.2) is 0 Å². The van der Waals surface area contributed by atoms with Crippen molar-refractivity contribution in [1.82, 2.24) is 10.0 Å². The molecule has 2 aliphatic heterocycles. The summed E-state index contributed by atoms with van der Waals surface area (Å²) in [6.07, 6.45) is -11.8. The van der Waals surface area contributed by atoms with Gasteiger partial charge in [-0.25, -0.2) is 21.7 Å². The second-order valence-electron chi connectivity index (χ2n) is 12.6. The molecule has 276 valence electrons. The summed E-state index contributed by atoms with van der Waals surface area (Å²) in [4.78, 5) is 50.5. The van der Waals surface area contributed by atoms with Crippen LogP contribution in [0.1, 0.15) is 52.6 Å². The molecule has 10 nitrogen and oxygen atoms in total. The number of hydrogen-bond donors (Lipinski definition) is 2. The standard InChI is InChI=1S/C39H22F6N4O6/c40-38(41,42)37(39(43,44)45,19-7-11-21(12-8-19)54-29-17-15-27-31-23(29)3-1-5-25(31)33(50)48(46)35(27)52)20-9-13-22(14-10-20)55-30-18-16-28-32-24(30)4-2-6-26(32)34(51)49(47)36(28)53/h1-18H,46-47H2. The monoisotopic (exact) mass is 756 g/mol. The van der Waals surface area contributed by atoms with Crippen molar-refractivity contribution >= 4 is 45.2 Å². The van der Waals surface area contributed by atoms with Crippen LogP contribution in [0, 0.1) is 0 Å². The molecule has 8 rings (SSSR count). The third-order valence-corrected chi connectivity index (χ3v) is 9.68. The Morgan fingerprint density at radius 1 is 0.436 bits per heavy atom. The molecular formula is C39H22F6N4O6. The smallest absolute Gasteiger partial charge is 0.411 e. The van der Waals surface area contributed by atoms with Crippen LogP contribution in [0.15, 0.2) is 109 Å². The Balaban J connectivity index is 1.14. The molecule has 0 radical (unpaired) electrons. The van der Waals surface area contributed by atoms with Gasteiger partial charge in [0.2, 0.25) is 5.41 Å². The number of rotatable bonds is 6. The van der Waals surface area contributed by atoms with Gasteiger partial charge in [0.05, 0.1) is 22.3 Å². The molecule has 0 atom stereocenters. The van der Waals surface area contributed by atoms with E-state index in [1.165, 1.54) is 60.7 Å². The van der Waals surface area contributed by atoms with E-state index in [4.69, 9.17) is 21.2 Å². The normalized spacial score (nSPS) is 14.6. The van der Waals surface area contributed by atoms with E-state index in [0.717, 1.165) is 24.3 Å². The first-order valence-corrected chi connectivity index (χ1v) is 16.1. The summed E-state index contributed by atoms with van der Waals surface area (Å²) < 4.78 is 102. The first kappa shape index (κ1) is 35.3. The van der Waals surface area contributed by atoms with Gasteiger partial charge in [0.25, 0.3) is 23.6 Å². The Kier molecular flexibility index (Phi) is 7.77. The van der Waals surface area contributed by atoms with Gasteiger partial charge in [0, 0.05) is 21.5 Å². The van der Waals surface area contributed by atoms with E-state index in [1.54, 1.807) is 0 Å². The highest BCUT2D eigenvalue weighted by atomic mass is 19.4. The second-order valence-corrected chi connectivity index (χ2v) is 12.6. The maximum atomic E-state index is 15.0. The minimum atomic E-state index is -5.89. The summed E-state index contributed by atoms with van der Waals surface area (Å²) in [6.45, 7) is 0. The molecule has 0 saturated heterocycles. The highest BCUT2D eigenvalue weighted by Gasteiger charge is 2.72. The van der Waals surface area contributed by atoms with Crippen LogP contribution in [0.5, 0.6) is 23.0 Å². The van der Waals surface area contributed by atoms with Crippen molar-refractivity contribution in [2.75, 3.05) is 0 Å². The minimum Gasteiger partial charge on any atom is -0.457 e. The number of carbonyl (C=O) groups is 4. The van der Waals surface area contributed by atoms with Crippen LogP contribution in [-0.4, -0.2) is 46.0 Å². The quantitative estimate of drug-likeness (QED) is 0.0755. The minimum absolute atomic E-state index is 0.0725. The summed E-state index contributed by atoms with van der Waals surface area (Å²) in [5.41, 5.74) is -6.41. The number of imide groups is 2. The molecule has 6 aromatic carbocycles. The maximum Gasteiger partial charge on any atom is 0.411 e. The molecule has 0 aromatic heterocycles. The van der Waals surface area contributed by atoms with Gasteiger partial charge in [-0.15, -0.1) is 0 Å². The third-order valence-electron chi connectivity index (χ3n) is 9.68. The van der Waals surface area contributed by atoms with Crippen molar-refractivity contribution in [3.63, 3.8) is 0 Å². The van der Waals surface area contributed by atoms with Crippen molar-refractivity contribution in [3.05, 3.63) is 143 Å². The van der Waals surface area contributed by atoms with Crippen LogP contribution in [0.25, 0.3) is 21.5 Å². The van der Waals surface area contributed by atoms with Gasteiger partial charge in [-0.3, -0.25) is 19.2 Å². The highest BCUT2D eigenvalue weighted by molar-refractivity contribution is 6.26. The number of alkyl halides is 6. The summed E-state index contributed by atoms with van der Waals surface area (Å²) in [5, 5.41) is 1.95. The molecule has 0 saturated carbocycles. The first-order valence-electron chi connectivity index (χ1n) is 16.1. The average Bonchev–Trinajstić information content (AvgIpc) is 3.15. The fourth-order valence-corrected chi connectivity index (χ4v) is 7.14. The predicted molar refractivity (Wildman–Crippen MR) is 183 cm³/mol. The van der Waals surface area contributed by atoms with Gasteiger partial charge in [-0.1, -0.05) is 48.5 Å². The van der Waals surface area contributed by atoms with Crippen molar-refractivity contribution < 1.29 is 55.0 Å². The Bertz CT molecular complexity index is 2420. The van der Waals surface area contributed by atoms with E-state index in [0.29, 0.717) is 34.3 Å². The van der Waals surface area contributed by atoms with Crippen LogP contribution in [0.2, 0.25) is 0 Å². The number of hydrogen-bond acceptors (Lipinski definition) is 8. The van der Waals surface area contributed by atoms with E-state index in [-0.39, 0.29) is 66.8 Å². The SMILES string of the molecule is NN1C(=O)c2cccc3c(Oc4ccc(C(c5ccc(Oc6ccc7c8c(cccc68)C(=O)N(N)C7=O)cc5)(C(F)(F)F)C(F)(F)F)cc4)ccc(c23)C1=O. The zero-order chi connectivity index (χ0) is 39.2. The van der Waals surface area contributed by atoms with E-state index in [1.807, 2.05) is 0 Å². The molecule has 6 aromatic rings. The fraction of sp³-hybridized carbons (Fsp3) is 0.0769. The van der Waals surface area contributed by atoms with Gasteiger partial charge in [-0.2, -0.15) is 26.3 Å². The molecule has 0 spiro atoms. The van der Waals surface area contributed by atoms with Crippen LogP contribution < -0.4 is 21.2 Å². The topological polar surface area (TPSA) is 145 Å². The molecule has 2 heterocycles. The summed E-state index contributed by atoms with van der Waals surface area (Å²) in [5.74, 6) is 8.05. The van der Waals surface area contributed by atoms with E-state index >= 15 is 0 Å². The van der Waals surface area contributed by atoms with Crippen LogP contribution in [0.4, 0.5) is 26.3 Å². The molecule has 0 unspecified atom stereocenters.